The highest BCUT2D eigenvalue weighted by Gasteiger charge is 2.35. The third-order valence-corrected chi connectivity index (χ3v) is 5.65. The Bertz CT molecular complexity index is 697. The minimum atomic E-state index is -0.0415. The molecule has 1 fully saturated rings. The van der Waals surface area contributed by atoms with Crippen molar-refractivity contribution in [2.24, 2.45) is 0 Å². The van der Waals surface area contributed by atoms with E-state index in [9.17, 15) is 9.59 Å². The number of carbonyl (C=O) groups excluding carboxylic acids is 2. The summed E-state index contributed by atoms with van der Waals surface area (Å²) in [6, 6.07) is 2.17. The number of amides is 2. The van der Waals surface area contributed by atoms with Crippen LogP contribution in [0.4, 0.5) is 0 Å². The highest BCUT2D eigenvalue weighted by atomic mass is 16.5. The van der Waals surface area contributed by atoms with E-state index < -0.39 is 0 Å². The second-order valence-corrected chi connectivity index (χ2v) is 7.26. The van der Waals surface area contributed by atoms with Crippen LogP contribution in [-0.2, 0) is 17.9 Å². The van der Waals surface area contributed by atoms with Gasteiger partial charge in [-0.05, 0) is 32.0 Å². The zero-order valence-corrected chi connectivity index (χ0v) is 16.6. The molecule has 1 saturated carbocycles. The first kappa shape index (κ1) is 19.6. The molecule has 7 nitrogen and oxygen atoms in total. The number of likely N-dealkylation sites (N-methyl/N-ethyl adjacent to an activating group) is 1. The Balaban J connectivity index is 1.70. The van der Waals surface area contributed by atoms with Crippen LogP contribution in [0.1, 0.15) is 61.1 Å². The van der Waals surface area contributed by atoms with Crippen molar-refractivity contribution >= 4 is 11.8 Å². The summed E-state index contributed by atoms with van der Waals surface area (Å²) >= 11 is 0. The lowest BCUT2D eigenvalue weighted by Crippen LogP contribution is -2.36. The van der Waals surface area contributed by atoms with Crippen LogP contribution < -0.4 is 10.1 Å². The van der Waals surface area contributed by atoms with E-state index in [0.717, 1.165) is 37.2 Å². The lowest BCUT2D eigenvalue weighted by atomic mass is 10.1. The van der Waals surface area contributed by atoms with Crippen molar-refractivity contribution in [1.82, 2.24) is 20.1 Å². The summed E-state index contributed by atoms with van der Waals surface area (Å²) in [4.78, 5) is 33.6. The van der Waals surface area contributed by atoms with Crippen LogP contribution >= 0.6 is 0 Å². The van der Waals surface area contributed by atoms with Crippen molar-refractivity contribution in [3.63, 3.8) is 0 Å². The summed E-state index contributed by atoms with van der Waals surface area (Å²) in [5.74, 6) is 0.501. The van der Waals surface area contributed by atoms with Crippen LogP contribution in [0.5, 0.6) is 5.88 Å². The highest BCUT2D eigenvalue weighted by Crippen LogP contribution is 2.33. The fraction of sp³-hybridized carbons (Fsp3) is 0.650. The molecule has 148 valence electrons. The van der Waals surface area contributed by atoms with Gasteiger partial charge in [0.2, 0.25) is 11.8 Å². The largest absolute Gasteiger partial charge is 0.481 e. The van der Waals surface area contributed by atoms with Gasteiger partial charge in [-0.1, -0.05) is 26.7 Å². The number of aromatic nitrogens is 1. The normalized spacial score (nSPS) is 16.9. The number of carbonyl (C=O) groups is 2. The summed E-state index contributed by atoms with van der Waals surface area (Å²) in [5, 5.41) is 2.92. The maximum Gasteiger partial charge on any atom is 0.256 e. The van der Waals surface area contributed by atoms with Gasteiger partial charge in [-0.3, -0.25) is 14.5 Å². The second kappa shape index (κ2) is 8.69. The van der Waals surface area contributed by atoms with Crippen LogP contribution in [0, 0.1) is 0 Å². The average Bonchev–Trinajstić information content (AvgIpc) is 3.31. The third kappa shape index (κ3) is 4.24. The molecule has 0 saturated heterocycles. The van der Waals surface area contributed by atoms with Gasteiger partial charge in [-0.15, -0.1) is 0 Å². The molecule has 1 aliphatic carbocycles. The molecule has 1 aromatic heterocycles. The molecule has 7 heteroatoms. The van der Waals surface area contributed by atoms with Gasteiger partial charge in [0.25, 0.3) is 5.91 Å². The summed E-state index contributed by atoms with van der Waals surface area (Å²) in [6.45, 7) is 6.96. The van der Waals surface area contributed by atoms with E-state index in [1.165, 1.54) is 12.8 Å². The van der Waals surface area contributed by atoms with Gasteiger partial charge in [-0.2, -0.15) is 0 Å². The molecule has 0 atom stereocenters. The molecule has 2 amide bonds. The number of hydrogen-bond acceptors (Lipinski definition) is 5. The lowest BCUT2D eigenvalue weighted by molar-refractivity contribution is -0.122. The van der Waals surface area contributed by atoms with E-state index in [2.05, 4.69) is 15.2 Å². The van der Waals surface area contributed by atoms with E-state index in [4.69, 9.17) is 4.74 Å². The van der Waals surface area contributed by atoms with Crippen LogP contribution in [0.15, 0.2) is 6.07 Å². The van der Waals surface area contributed by atoms with Crippen molar-refractivity contribution in [3.8, 4) is 5.88 Å². The zero-order valence-electron chi connectivity index (χ0n) is 16.6. The van der Waals surface area contributed by atoms with Crippen molar-refractivity contribution < 1.29 is 14.3 Å². The Morgan fingerprint density at radius 3 is 2.67 bits per heavy atom. The van der Waals surface area contributed by atoms with Crippen LogP contribution in [0.3, 0.4) is 0 Å². The molecule has 27 heavy (non-hydrogen) atoms. The monoisotopic (exact) mass is 374 g/mol. The van der Waals surface area contributed by atoms with E-state index in [-0.39, 0.29) is 11.8 Å². The maximum atomic E-state index is 12.8. The molecule has 0 radical (unpaired) electrons. The Morgan fingerprint density at radius 2 is 2.04 bits per heavy atom. The van der Waals surface area contributed by atoms with Gasteiger partial charge in [0.05, 0.1) is 31.5 Å². The number of methoxy groups -OCH3 is 1. The standard InChI is InChI=1S/C20H30N4O3/c1-4-23(5-2)13-18(25)21-11-14-10-16-17(22-19(14)27-3)12-24(20(16)26)15-8-6-7-9-15/h10,15H,4-9,11-13H2,1-3H3,(H,21,25). The van der Waals surface area contributed by atoms with Gasteiger partial charge < -0.3 is 15.0 Å². The van der Waals surface area contributed by atoms with Gasteiger partial charge in [0.15, 0.2) is 0 Å². The first-order valence-corrected chi connectivity index (χ1v) is 9.94. The zero-order chi connectivity index (χ0) is 19.4. The summed E-state index contributed by atoms with van der Waals surface area (Å²) in [6.07, 6.45) is 4.52. The molecule has 2 heterocycles. The number of fused-ring (bicyclic) bond motifs is 1. The van der Waals surface area contributed by atoms with Crippen LogP contribution in [0.2, 0.25) is 0 Å². The molecule has 0 aromatic carbocycles. The number of ether oxygens (including phenoxy) is 1. The second-order valence-electron chi connectivity index (χ2n) is 7.26. The van der Waals surface area contributed by atoms with Gasteiger partial charge >= 0.3 is 0 Å². The predicted octanol–water partition coefficient (Wildman–Crippen LogP) is 1.95. The Kier molecular flexibility index (Phi) is 6.31. The SMILES string of the molecule is CCN(CC)CC(=O)NCc1cc2c(nc1OC)CN(C1CCCC1)C2=O. The topological polar surface area (TPSA) is 74.8 Å². The molecule has 2 aliphatic rings. The molecule has 1 aliphatic heterocycles. The average molecular weight is 374 g/mol. The molecular weight excluding hydrogens is 344 g/mol. The Hall–Kier alpha value is -2.15. The number of nitrogens with zero attached hydrogens (tertiary/aromatic N) is 3. The summed E-state index contributed by atoms with van der Waals surface area (Å²) in [5.41, 5.74) is 2.17. The van der Waals surface area contributed by atoms with Crippen molar-refractivity contribution in [3.05, 3.63) is 22.9 Å². The lowest BCUT2D eigenvalue weighted by Gasteiger charge is -2.22. The summed E-state index contributed by atoms with van der Waals surface area (Å²) in [7, 11) is 1.57. The van der Waals surface area contributed by atoms with Gasteiger partial charge in [0, 0.05) is 18.2 Å². The number of nitrogens with one attached hydrogen (secondary N) is 1. The fourth-order valence-electron chi connectivity index (χ4n) is 3.98. The molecular formula is C20H30N4O3. The molecule has 1 N–H and O–H groups in total. The summed E-state index contributed by atoms with van der Waals surface area (Å²) < 4.78 is 5.42. The predicted molar refractivity (Wildman–Crippen MR) is 103 cm³/mol. The Morgan fingerprint density at radius 1 is 1.33 bits per heavy atom. The van der Waals surface area contributed by atoms with Crippen LogP contribution in [-0.4, -0.2) is 59.4 Å². The van der Waals surface area contributed by atoms with Crippen LogP contribution in [0.25, 0.3) is 0 Å². The quantitative estimate of drug-likeness (QED) is 0.753. The molecule has 3 rings (SSSR count). The van der Waals surface area contributed by atoms with Gasteiger partial charge in [0.1, 0.15) is 0 Å². The number of rotatable bonds is 8. The third-order valence-electron chi connectivity index (χ3n) is 5.65. The van der Waals surface area contributed by atoms with E-state index in [0.29, 0.717) is 37.1 Å². The Labute approximate surface area is 161 Å². The van der Waals surface area contributed by atoms with E-state index in [1.54, 1.807) is 7.11 Å². The number of hydrogen-bond donors (Lipinski definition) is 1. The smallest absolute Gasteiger partial charge is 0.256 e. The molecule has 1 aromatic rings. The minimum Gasteiger partial charge on any atom is -0.481 e. The van der Waals surface area contributed by atoms with E-state index >= 15 is 0 Å². The van der Waals surface area contributed by atoms with Gasteiger partial charge in [-0.25, -0.2) is 4.98 Å². The first-order valence-electron chi connectivity index (χ1n) is 9.94. The molecule has 0 unspecified atom stereocenters. The van der Waals surface area contributed by atoms with Crippen molar-refractivity contribution in [1.29, 1.82) is 0 Å². The minimum absolute atomic E-state index is 0.0415. The fourth-order valence-corrected chi connectivity index (χ4v) is 3.98. The molecule has 0 spiro atoms. The van der Waals surface area contributed by atoms with Crippen molar-refractivity contribution in [2.75, 3.05) is 26.7 Å². The number of pyridine rings is 1. The molecule has 0 bridgehead atoms. The first-order chi connectivity index (χ1) is 13.1. The highest BCUT2D eigenvalue weighted by molar-refractivity contribution is 5.98. The van der Waals surface area contributed by atoms with E-state index in [1.807, 2.05) is 24.8 Å². The maximum absolute atomic E-state index is 12.8. The van der Waals surface area contributed by atoms with Crippen molar-refractivity contribution in [2.45, 2.75) is 58.7 Å².